The molecule has 1 N–H and O–H groups in total. The van der Waals surface area contributed by atoms with Gasteiger partial charge in [0.1, 0.15) is 5.78 Å². The van der Waals surface area contributed by atoms with Gasteiger partial charge in [-0.2, -0.15) is 5.26 Å². The molecule has 4 unspecified atom stereocenters. The average molecular weight is 386 g/mol. The van der Waals surface area contributed by atoms with Crippen LogP contribution in [0.3, 0.4) is 0 Å². The molecule has 3 heteroatoms. The Kier molecular flexibility index (Phi) is 5.18. The summed E-state index contributed by atoms with van der Waals surface area (Å²) < 4.78 is 0. The van der Waals surface area contributed by atoms with E-state index in [1.165, 1.54) is 25.7 Å². The number of Topliss-reactive ketones (excluding diaryl/α,β-unsaturated/α-hetero) is 1. The van der Waals surface area contributed by atoms with Crippen LogP contribution in [0.15, 0.2) is 0 Å². The quantitative estimate of drug-likeness (QED) is 0.710. The van der Waals surface area contributed by atoms with E-state index in [2.05, 4.69) is 33.8 Å². The third-order valence-electron chi connectivity index (χ3n) is 10.4. The van der Waals surface area contributed by atoms with E-state index in [0.717, 1.165) is 19.3 Å². The molecule has 4 rings (SSSR count). The number of hydrogen-bond donors (Lipinski definition) is 1. The Balaban J connectivity index is 1.69. The molecule has 0 saturated heterocycles. The summed E-state index contributed by atoms with van der Waals surface area (Å²) in [5.74, 6) is 3.65. The smallest absolute Gasteiger partial charge is 0.133 e. The van der Waals surface area contributed by atoms with Crippen molar-refractivity contribution in [2.24, 2.45) is 52.3 Å². The van der Waals surface area contributed by atoms with E-state index < -0.39 is 0 Å². The zero-order valence-electron chi connectivity index (χ0n) is 18.3. The Labute approximate surface area is 171 Å². The highest BCUT2D eigenvalue weighted by atomic mass is 16.3. The van der Waals surface area contributed by atoms with Crippen molar-refractivity contribution in [1.29, 1.82) is 5.26 Å². The molecule has 0 aromatic carbocycles. The first-order valence-corrected chi connectivity index (χ1v) is 11.8. The van der Waals surface area contributed by atoms with Gasteiger partial charge in [0, 0.05) is 19.3 Å². The fourth-order valence-corrected chi connectivity index (χ4v) is 9.03. The minimum Gasteiger partial charge on any atom is -0.393 e. The minimum absolute atomic E-state index is 0.218. The number of aliphatic hydroxyl groups excluding tert-OH is 1. The van der Waals surface area contributed by atoms with Crippen molar-refractivity contribution in [2.75, 3.05) is 0 Å². The van der Waals surface area contributed by atoms with Crippen LogP contribution in [-0.4, -0.2) is 17.0 Å². The summed E-state index contributed by atoms with van der Waals surface area (Å²) in [5, 5.41) is 20.9. The van der Waals surface area contributed by atoms with Gasteiger partial charge >= 0.3 is 0 Å². The van der Waals surface area contributed by atoms with Crippen LogP contribution in [0.1, 0.15) is 85.5 Å². The summed E-state index contributed by atoms with van der Waals surface area (Å²) in [6, 6.07) is 2.40. The van der Waals surface area contributed by atoms with Gasteiger partial charge in [0.15, 0.2) is 0 Å². The first-order valence-electron chi connectivity index (χ1n) is 11.8. The van der Waals surface area contributed by atoms with E-state index >= 15 is 0 Å². The molecular weight excluding hydrogens is 346 g/mol. The minimum atomic E-state index is -0.256. The number of ketones is 1. The highest BCUT2D eigenvalue weighted by molar-refractivity contribution is 5.79. The molecule has 0 aromatic heterocycles. The molecule has 4 fully saturated rings. The predicted octanol–water partition coefficient (Wildman–Crippen LogP) is 5.37. The average Bonchev–Trinajstić information content (AvgIpc) is 3.01. The second-order valence-corrected chi connectivity index (χ2v) is 11.3. The third kappa shape index (κ3) is 2.73. The standard InChI is InChI=1S/C25H39NO2/c1-5-17-21-14-16(27)8-11-25(21,4)20-9-12-24(3)18(15(2)10-13-26)6-7-19(24)22(20)23(17)28/h15,17-23,28H,5-12,14H2,1-4H3/t15-,17+,18?,19?,20?,21+,22?,23-,24-,25-/m1/s1. The molecule has 156 valence electrons. The lowest BCUT2D eigenvalue weighted by atomic mass is 9.41. The van der Waals surface area contributed by atoms with Crippen LogP contribution in [-0.2, 0) is 4.79 Å². The van der Waals surface area contributed by atoms with Crippen molar-refractivity contribution < 1.29 is 9.90 Å². The molecule has 0 aliphatic heterocycles. The molecule has 3 nitrogen and oxygen atoms in total. The van der Waals surface area contributed by atoms with Gasteiger partial charge in [-0.1, -0.05) is 34.1 Å². The van der Waals surface area contributed by atoms with Crippen molar-refractivity contribution in [3.63, 3.8) is 0 Å². The maximum Gasteiger partial charge on any atom is 0.133 e. The molecule has 0 heterocycles. The van der Waals surface area contributed by atoms with E-state index in [1.807, 2.05) is 0 Å². The Hall–Kier alpha value is -0.880. The first-order chi connectivity index (χ1) is 13.3. The van der Waals surface area contributed by atoms with Crippen LogP contribution in [0.25, 0.3) is 0 Å². The lowest BCUT2D eigenvalue weighted by Crippen LogP contribution is -2.61. The molecule has 4 aliphatic rings. The maximum absolute atomic E-state index is 12.3. The van der Waals surface area contributed by atoms with Crippen LogP contribution in [0, 0.1) is 63.6 Å². The number of fused-ring (bicyclic) bond motifs is 5. The molecule has 0 bridgehead atoms. The summed E-state index contributed by atoms with van der Waals surface area (Å²) >= 11 is 0. The number of aliphatic hydroxyl groups is 1. The summed E-state index contributed by atoms with van der Waals surface area (Å²) in [5.41, 5.74) is 0.487. The molecule has 10 atom stereocenters. The second-order valence-electron chi connectivity index (χ2n) is 11.3. The van der Waals surface area contributed by atoms with E-state index in [4.69, 9.17) is 0 Å². The fraction of sp³-hybridized carbons (Fsp3) is 0.920. The topological polar surface area (TPSA) is 61.1 Å². The van der Waals surface area contributed by atoms with Gasteiger partial charge < -0.3 is 5.11 Å². The summed E-state index contributed by atoms with van der Waals surface area (Å²) in [6.07, 6.45) is 8.71. The molecular formula is C25H39NO2. The fourth-order valence-electron chi connectivity index (χ4n) is 9.03. The monoisotopic (exact) mass is 385 g/mol. The number of hydrogen-bond acceptors (Lipinski definition) is 3. The van der Waals surface area contributed by atoms with Crippen LogP contribution < -0.4 is 0 Å². The van der Waals surface area contributed by atoms with Crippen LogP contribution in [0.4, 0.5) is 0 Å². The second kappa shape index (κ2) is 7.12. The normalized spacial score (nSPS) is 51.6. The third-order valence-corrected chi connectivity index (χ3v) is 10.4. The van der Waals surface area contributed by atoms with Crippen LogP contribution in [0.2, 0.25) is 0 Å². The van der Waals surface area contributed by atoms with E-state index in [9.17, 15) is 15.2 Å². The van der Waals surface area contributed by atoms with Crippen molar-refractivity contribution in [2.45, 2.75) is 91.6 Å². The maximum atomic E-state index is 12.3. The lowest BCUT2D eigenvalue weighted by molar-refractivity contribution is -0.194. The van der Waals surface area contributed by atoms with Gasteiger partial charge in [-0.05, 0) is 84.4 Å². The molecule has 0 aromatic rings. The zero-order valence-corrected chi connectivity index (χ0v) is 18.3. The van der Waals surface area contributed by atoms with Crippen LogP contribution >= 0.6 is 0 Å². The SMILES string of the molecule is CC[C@@H]1[C@@H](O)C2C3CCC([C@H](C)CC#N)[C@@]3(C)CCC2[C@@]2(C)CCC(=O)C[C@@H]12. The largest absolute Gasteiger partial charge is 0.393 e. The predicted molar refractivity (Wildman–Crippen MR) is 110 cm³/mol. The van der Waals surface area contributed by atoms with Gasteiger partial charge in [0.25, 0.3) is 0 Å². The Morgan fingerprint density at radius 3 is 2.54 bits per heavy atom. The number of nitriles is 1. The van der Waals surface area contributed by atoms with E-state index in [1.54, 1.807) is 0 Å². The molecule has 28 heavy (non-hydrogen) atoms. The summed E-state index contributed by atoms with van der Waals surface area (Å²) in [7, 11) is 0. The van der Waals surface area contributed by atoms with Crippen molar-refractivity contribution >= 4 is 5.78 Å². The molecule has 4 saturated carbocycles. The zero-order chi connectivity index (χ0) is 20.3. The van der Waals surface area contributed by atoms with Gasteiger partial charge in [-0.15, -0.1) is 0 Å². The van der Waals surface area contributed by atoms with Crippen molar-refractivity contribution in [3.05, 3.63) is 0 Å². The molecule has 0 radical (unpaired) electrons. The van der Waals surface area contributed by atoms with Gasteiger partial charge in [0.2, 0.25) is 0 Å². The summed E-state index contributed by atoms with van der Waals surface area (Å²) in [6.45, 7) is 9.42. The van der Waals surface area contributed by atoms with E-state index in [-0.39, 0.29) is 22.9 Å². The molecule has 4 aliphatic carbocycles. The van der Waals surface area contributed by atoms with E-state index in [0.29, 0.717) is 54.1 Å². The highest BCUT2D eigenvalue weighted by Gasteiger charge is 2.64. The van der Waals surface area contributed by atoms with Gasteiger partial charge in [-0.3, -0.25) is 4.79 Å². The molecule has 0 amide bonds. The number of carbonyl (C=O) groups excluding carboxylic acids is 1. The number of rotatable bonds is 3. The molecule has 0 spiro atoms. The van der Waals surface area contributed by atoms with Crippen LogP contribution in [0.5, 0.6) is 0 Å². The Morgan fingerprint density at radius 1 is 1.14 bits per heavy atom. The highest BCUT2D eigenvalue weighted by Crippen LogP contribution is 2.69. The first kappa shape index (κ1) is 20.4. The Bertz CT molecular complexity index is 668. The van der Waals surface area contributed by atoms with Gasteiger partial charge in [-0.25, -0.2) is 0 Å². The summed E-state index contributed by atoms with van der Waals surface area (Å²) in [4.78, 5) is 12.3. The number of carbonyl (C=O) groups is 1. The van der Waals surface area contributed by atoms with Crippen molar-refractivity contribution in [1.82, 2.24) is 0 Å². The Morgan fingerprint density at radius 2 is 1.86 bits per heavy atom. The number of nitrogens with zero attached hydrogens (tertiary/aromatic N) is 1. The van der Waals surface area contributed by atoms with Crippen molar-refractivity contribution in [3.8, 4) is 6.07 Å². The van der Waals surface area contributed by atoms with Gasteiger partial charge in [0.05, 0.1) is 12.2 Å². The lowest BCUT2D eigenvalue weighted by Gasteiger charge is -2.64.